The van der Waals surface area contributed by atoms with E-state index in [1.54, 1.807) is 0 Å². The van der Waals surface area contributed by atoms with Gasteiger partial charge in [0.2, 0.25) is 0 Å². The quantitative estimate of drug-likeness (QED) is 0.635. The predicted molar refractivity (Wildman–Crippen MR) is 38.6 cm³/mol. The van der Waals surface area contributed by atoms with Gasteiger partial charge in [-0.2, -0.15) is 0 Å². The average molecular weight is 188 g/mol. The molecule has 0 aliphatic heterocycles. The van der Waals surface area contributed by atoms with Gasteiger partial charge >= 0.3 is 11.9 Å². The highest BCUT2D eigenvalue weighted by atomic mass is 19.1. The summed E-state index contributed by atoms with van der Waals surface area (Å²) in [7, 11) is 1.18. The van der Waals surface area contributed by atoms with Crippen molar-refractivity contribution in [3.63, 3.8) is 0 Å². The zero-order chi connectivity index (χ0) is 9.85. The highest BCUT2D eigenvalue weighted by Crippen LogP contribution is 2.74. The number of halogens is 1. The highest BCUT2D eigenvalue weighted by Gasteiger charge is 2.84. The van der Waals surface area contributed by atoms with Gasteiger partial charge in [-0.1, -0.05) is 0 Å². The number of methoxy groups -OCH3 is 1. The number of carboxylic acid groups (broad SMARTS) is 1. The Labute approximate surface area is 73.7 Å². The lowest BCUT2D eigenvalue weighted by Gasteiger charge is -2.67. The zero-order valence-electron chi connectivity index (χ0n) is 7.04. The maximum Gasteiger partial charge on any atom is 0.314 e. The first-order valence-electron chi connectivity index (χ1n) is 3.95. The van der Waals surface area contributed by atoms with E-state index in [0.717, 1.165) is 0 Å². The minimum Gasteiger partial charge on any atom is -0.481 e. The van der Waals surface area contributed by atoms with Crippen LogP contribution >= 0.6 is 0 Å². The van der Waals surface area contributed by atoms with E-state index in [9.17, 15) is 14.0 Å². The molecule has 0 spiro atoms. The van der Waals surface area contributed by atoms with E-state index in [1.165, 1.54) is 7.11 Å². The lowest BCUT2D eigenvalue weighted by Crippen LogP contribution is -2.78. The summed E-state index contributed by atoms with van der Waals surface area (Å²) >= 11 is 0. The first-order valence-corrected chi connectivity index (χ1v) is 3.95. The molecule has 3 aliphatic rings. The third kappa shape index (κ3) is 0.629. The Bertz CT molecular complexity index is 293. The second-order valence-electron chi connectivity index (χ2n) is 3.83. The van der Waals surface area contributed by atoms with Crippen molar-refractivity contribution in [2.24, 2.45) is 10.8 Å². The van der Waals surface area contributed by atoms with Gasteiger partial charge in [0.05, 0.1) is 7.11 Å². The average Bonchev–Trinajstić information content (AvgIpc) is 2.01. The number of hydrogen-bond donors (Lipinski definition) is 1. The number of alkyl halides is 1. The number of ether oxygens (including phenoxy) is 1. The molecule has 1 N–H and O–H groups in total. The summed E-state index contributed by atoms with van der Waals surface area (Å²) in [5.41, 5.74) is -2.42. The van der Waals surface area contributed by atoms with Crippen LogP contribution in [-0.4, -0.2) is 30.3 Å². The smallest absolute Gasteiger partial charge is 0.314 e. The Morgan fingerprint density at radius 1 is 1.46 bits per heavy atom. The molecule has 0 radical (unpaired) electrons. The first kappa shape index (κ1) is 8.47. The summed E-state index contributed by atoms with van der Waals surface area (Å²) in [5, 5.41) is 8.68. The van der Waals surface area contributed by atoms with Gasteiger partial charge in [0, 0.05) is 0 Å². The summed E-state index contributed by atoms with van der Waals surface area (Å²) in [4.78, 5) is 21.7. The maximum atomic E-state index is 13.3. The molecule has 0 heterocycles. The van der Waals surface area contributed by atoms with Crippen molar-refractivity contribution in [1.29, 1.82) is 0 Å². The van der Waals surface area contributed by atoms with E-state index >= 15 is 0 Å². The maximum absolute atomic E-state index is 13.3. The standard InChI is InChI=1S/C8H9FO4/c1-13-6(12)8-2-7(3-8,4(8)9)5(10)11/h4H,2-3H2,1H3,(H,10,11). The fraction of sp³-hybridized carbons (Fsp3) is 0.750. The van der Waals surface area contributed by atoms with E-state index < -0.39 is 28.9 Å². The molecule has 1 atom stereocenters. The van der Waals surface area contributed by atoms with E-state index in [-0.39, 0.29) is 12.8 Å². The van der Waals surface area contributed by atoms with Crippen LogP contribution in [0.25, 0.3) is 0 Å². The SMILES string of the molecule is COC(=O)C12CC(C(=O)O)(C1)C2F. The van der Waals surface area contributed by atoms with E-state index in [0.29, 0.717) is 0 Å². The summed E-state index contributed by atoms with van der Waals surface area (Å²) in [6, 6.07) is 0. The molecule has 72 valence electrons. The number of carbonyl (C=O) groups is 2. The van der Waals surface area contributed by atoms with Gasteiger partial charge in [0.15, 0.2) is 0 Å². The first-order chi connectivity index (χ1) is 5.99. The molecule has 0 aromatic carbocycles. The van der Waals surface area contributed by atoms with Crippen molar-refractivity contribution < 1.29 is 23.8 Å². The van der Waals surface area contributed by atoms with Crippen molar-refractivity contribution in [3.05, 3.63) is 0 Å². The van der Waals surface area contributed by atoms with Crippen molar-refractivity contribution in [1.82, 2.24) is 0 Å². The third-order valence-electron chi connectivity index (χ3n) is 3.25. The Morgan fingerprint density at radius 2 is 2.00 bits per heavy atom. The van der Waals surface area contributed by atoms with Gasteiger partial charge in [-0.25, -0.2) is 4.39 Å². The number of carboxylic acids is 1. The van der Waals surface area contributed by atoms with Crippen LogP contribution in [-0.2, 0) is 14.3 Å². The van der Waals surface area contributed by atoms with Crippen LogP contribution in [0, 0.1) is 10.8 Å². The van der Waals surface area contributed by atoms with Gasteiger partial charge in [-0.15, -0.1) is 0 Å². The van der Waals surface area contributed by atoms with Gasteiger partial charge in [-0.05, 0) is 12.8 Å². The number of hydrogen-bond acceptors (Lipinski definition) is 3. The van der Waals surface area contributed by atoms with E-state index in [4.69, 9.17) is 5.11 Å². The van der Waals surface area contributed by atoms with Gasteiger partial charge in [-0.3, -0.25) is 9.59 Å². The Kier molecular flexibility index (Phi) is 1.32. The molecule has 5 heteroatoms. The second-order valence-corrected chi connectivity index (χ2v) is 3.83. The summed E-state index contributed by atoms with van der Waals surface area (Å²) in [5.74, 6) is -1.77. The number of aliphatic carboxylic acids is 1. The Hall–Kier alpha value is -1.13. The van der Waals surface area contributed by atoms with Crippen molar-refractivity contribution >= 4 is 11.9 Å². The fourth-order valence-electron chi connectivity index (χ4n) is 2.41. The topological polar surface area (TPSA) is 63.6 Å². The lowest BCUT2D eigenvalue weighted by atomic mass is 9.33. The minimum atomic E-state index is -1.56. The molecule has 0 aromatic rings. The second kappa shape index (κ2) is 2.02. The third-order valence-corrected chi connectivity index (χ3v) is 3.25. The molecule has 0 amide bonds. The summed E-state index contributed by atoms with van der Waals surface area (Å²) in [6.45, 7) is 0. The molecule has 3 fully saturated rings. The number of rotatable bonds is 2. The van der Waals surface area contributed by atoms with E-state index in [1.807, 2.05) is 0 Å². The van der Waals surface area contributed by atoms with Crippen LogP contribution < -0.4 is 0 Å². The predicted octanol–water partition coefficient (Wildman–Crippen LogP) is 0.362. The molecular formula is C8H9FO4. The molecule has 3 rings (SSSR count). The van der Waals surface area contributed by atoms with Gasteiger partial charge in [0.1, 0.15) is 17.0 Å². The molecule has 3 aliphatic carbocycles. The molecule has 1 unspecified atom stereocenters. The molecule has 13 heavy (non-hydrogen) atoms. The van der Waals surface area contributed by atoms with Gasteiger partial charge < -0.3 is 9.84 Å². The van der Waals surface area contributed by atoms with Crippen LogP contribution in [0.5, 0.6) is 0 Å². The monoisotopic (exact) mass is 188 g/mol. The van der Waals surface area contributed by atoms with Crippen molar-refractivity contribution in [2.75, 3.05) is 7.11 Å². The van der Waals surface area contributed by atoms with Crippen LogP contribution in [0.3, 0.4) is 0 Å². The molecule has 2 bridgehead atoms. The minimum absolute atomic E-state index is 0.0865. The molecule has 0 aromatic heterocycles. The fourth-order valence-corrected chi connectivity index (χ4v) is 2.41. The molecular weight excluding hydrogens is 179 g/mol. The van der Waals surface area contributed by atoms with Gasteiger partial charge in [0.25, 0.3) is 0 Å². The normalized spacial score (nSPS) is 45.8. The van der Waals surface area contributed by atoms with Crippen molar-refractivity contribution in [2.45, 2.75) is 19.0 Å². The molecule has 3 saturated carbocycles. The number of esters is 1. The number of carbonyl (C=O) groups excluding carboxylic acids is 1. The summed E-state index contributed by atoms with van der Waals surface area (Å²) < 4.78 is 17.7. The largest absolute Gasteiger partial charge is 0.481 e. The van der Waals surface area contributed by atoms with Crippen LogP contribution in [0.15, 0.2) is 0 Å². The van der Waals surface area contributed by atoms with E-state index in [2.05, 4.69) is 4.74 Å². The molecule has 4 nitrogen and oxygen atoms in total. The summed E-state index contributed by atoms with van der Waals surface area (Å²) in [6.07, 6.45) is -1.39. The van der Waals surface area contributed by atoms with Crippen LogP contribution in [0.4, 0.5) is 4.39 Å². The lowest BCUT2D eigenvalue weighted by molar-refractivity contribution is -0.275. The Morgan fingerprint density at radius 3 is 2.31 bits per heavy atom. The van der Waals surface area contributed by atoms with Crippen LogP contribution in [0.1, 0.15) is 12.8 Å². The highest BCUT2D eigenvalue weighted by molar-refractivity contribution is 5.92. The zero-order valence-corrected chi connectivity index (χ0v) is 7.04. The molecule has 0 saturated heterocycles. The van der Waals surface area contributed by atoms with Crippen molar-refractivity contribution in [3.8, 4) is 0 Å². The van der Waals surface area contributed by atoms with Crippen LogP contribution in [0.2, 0.25) is 0 Å². The Balaban J connectivity index is 2.16.